The number of aromatic nitrogens is 1. The predicted octanol–water partition coefficient (Wildman–Crippen LogP) is 0.0768. The lowest BCUT2D eigenvalue weighted by atomic mass is 10.1. The third-order valence-electron chi connectivity index (χ3n) is 2.56. The average molecular weight is 199 g/mol. The van der Waals surface area contributed by atoms with Gasteiger partial charge >= 0.3 is 0 Å². The molecular weight excluding hydrogens is 190 g/mol. The number of nitrogens with one attached hydrogen (secondary N) is 1. The molecule has 1 aromatic heterocycles. The van der Waals surface area contributed by atoms with E-state index in [-0.39, 0.29) is 5.43 Å². The van der Waals surface area contributed by atoms with Crippen molar-refractivity contribution in [1.82, 2.24) is 4.98 Å². The summed E-state index contributed by atoms with van der Waals surface area (Å²) in [6.07, 6.45) is 3.41. The predicted molar refractivity (Wildman–Crippen MR) is 58.7 cm³/mol. The van der Waals surface area contributed by atoms with Crippen LogP contribution in [-0.2, 0) is 4.74 Å². The second-order valence-electron chi connectivity index (χ2n) is 3.48. The smallest absolute Gasteiger partial charge is 0.197 e. The van der Waals surface area contributed by atoms with Crippen LogP contribution in [0.4, 0.5) is 0 Å². The Morgan fingerprint density at radius 3 is 3.07 bits per heavy atom. The summed E-state index contributed by atoms with van der Waals surface area (Å²) in [5, 5.41) is 2.19. The molecule has 0 fully saturated rings. The summed E-state index contributed by atoms with van der Waals surface area (Å²) in [5.41, 5.74) is 0.912. The average Bonchev–Trinajstić information content (AvgIpc) is 2.30. The van der Waals surface area contributed by atoms with Crippen LogP contribution < -0.4 is 16.0 Å². The van der Waals surface area contributed by atoms with Crippen molar-refractivity contribution in [3.8, 4) is 0 Å². The summed E-state index contributed by atoms with van der Waals surface area (Å²) in [7, 11) is 0. The van der Waals surface area contributed by atoms with E-state index in [4.69, 9.17) is 4.74 Å². The maximum absolute atomic E-state index is 12.0. The molecule has 0 atom stereocenters. The Morgan fingerprint density at radius 2 is 2.13 bits per heavy atom. The molecule has 0 aliphatic carbocycles. The molecule has 2 heterocycles. The van der Waals surface area contributed by atoms with Gasteiger partial charge < -0.3 is 9.72 Å². The van der Waals surface area contributed by atoms with Gasteiger partial charge in [-0.1, -0.05) is 12.1 Å². The molecule has 2 aromatic rings. The minimum atomic E-state index is 0.0684. The van der Waals surface area contributed by atoms with Crippen LogP contribution in [0.25, 0.3) is 23.2 Å². The molecule has 1 N–H and O–H groups in total. The number of pyridine rings is 1. The normalized spacial score (nSPS) is 13.6. The molecule has 74 valence electrons. The molecule has 3 nitrogen and oxygen atoms in total. The minimum Gasteiger partial charge on any atom is -0.495 e. The lowest BCUT2D eigenvalue weighted by Gasteiger charge is -2.04. The summed E-state index contributed by atoms with van der Waals surface area (Å²) in [5.74, 6) is 0. The third-order valence-corrected chi connectivity index (χ3v) is 2.56. The maximum atomic E-state index is 12.0. The zero-order chi connectivity index (χ0) is 10.3. The van der Waals surface area contributed by atoms with E-state index in [0.717, 1.165) is 16.3 Å². The largest absolute Gasteiger partial charge is 0.495 e. The summed E-state index contributed by atoms with van der Waals surface area (Å²) < 4.78 is 5.15. The fraction of sp³-hybridized carbons (Fsp3) is 0.0833. The van der Waals surface area contributed by atoms with Gasteiger partial charge in [-0.15, -0.1) is 0 Å². The maximum Gasteiger partial charge on any atom is 0.197 e. The summed E-state index contributed by atoms with van der Waals surface area (Å²) in [6.45, 7) is 0.467. The molecule has 15 heavy (non-hydrogen) atoms. The van der Waals surface area contributed by atoms with Gasteiger partial charge in [-0.05, 0) is 18.2 Å². The first-order valence-corrected chi connectivity index (χ1v) is 4.79. The van der Waals surface area contributed by atoms with E-state index in [2.05, 4.69) is 4.98 Å². The van der Waals surface area contributed by atoms with Crippen molar-refractivity contribution < 1.29 is 4.74 Å². The van der Waals surface area contributed by atoms with Gasteiger partial charge in [-0.2, -0.15) is 0 Å². The van der Waals surface area contributed by atoms with Crippen LogP contribution in [0.5, 0.6) is 0 Å². The number of rotatable bonds is 0. The molecule has 0 saturated carbocycles. The van der Waals surface area contributed by atoms with Crippen LogP contribution in [0, 0.1) is 0 Å². The van der Waals surface area contributed by atoms with Gasteiger partial charge in [0.1, 0.15) is 12.9 Å². The van der Waals surface area contributed by atoms with Crippen LogP contribution in [0.1, 0.15) is 0 Å². The molecule has 0 unspecified atom stereocenters. The molecule has 1 aliphatic heterocycles. The lowest BCUT2D eigenvalue weighted by Crippen LogP contribution is -2.43. The van der Waals surface area contributed by atoms with Gasteiger partial charge in [0.15, 0.2) is 5.43 Å². The molecule has 3 rings (SSSR count). The molecule has 1 aliphatic rings. The SMILES string of the molecule is O=c1c2c([nH]c3ccccc13)=COCC=2. The van der Waals surface area contributed by atoms with Gasteiger partial charge in [0.05, 0.1) is 5.35 Å². The standard InChI is InChI=1S/C12H9NO2/c14-12-8-3-1-2-4-10(8)13-11-7-15-6-5-9(11)12/h1-5,7,13H,6H2. The first kappa shape index (κ1) is 8.29. The van der Waals surface area contributed by atoms with Crippen LogP contribution >= 0.6 is 0 Å². The number of para-hydroxylation sites is 1. The quantitative estimate of drug-likeness (QED) is 0.652. The number of ether oxygens (including phenoxy) is 1. The van der Waals surface area contributed by atoms with E-state index in [9.17, 15) is 4.79 Å². The molecule has 3 heteroatoms. The van der Waals surface area contributed by atoms with Crippen molar-refractivity contribution in [1.29, 1.82) is 0 Å². The highest BCUT2D eigenvalue weighted by atomic mass is 16.5. The van der Waals surface area contributed by atoms with E-state index in [1.807, 2.05) is 24.3 Å². The van der Waals surface area contributed by atoms with Crippen LogP contribution in [0.3, 0.4) is 0 Å². The van der Waals surface area contributed by atoms with Crippen molar-refractivity contribution in [2.45, 2.75) is 0 Å². The van der Waals surface area contributed by atoms with Gasteiger partial charge in [-0.3, -0.25) is 4.79 Å². The minimum absolute atomic E-state index is 0.0684. The fourth-order valence-corrected chi connectivity index (χ4v) is 1.83. The van der Waals surface area contributed by atoms with E-state index >= 15 is 0 Å². The van der Waals surface area contributed by atoms with E-state index in [1.165, 1.54) is 0 Å². The zero-order valence-corrected chi connectivity index (χ0v) is 7.99. The van der Waals surface area contributed by atoms with Crippen LogP contribution in [-0.4, -0.2) is 11.6 Å². The molecule has 0 amide bonds. The number of benzene rings is 1. The zero-order valence-electron chi connectivity index (χ0n) is 7.99. The molecule has 0 spiro atoms. The first-order valence-electron chi connectivity index (χ1n) is 4.79. The Morgan fingerprint density at radius 1 is 1.27 bits per heavy atom. The number of aromatic amines is 1. The number of fused-ring (bicyclic) bond motifs is 2. The number of hydrogen-bond donors (Lipinski definition) is 1. The Hall–Kier alpha value is -2.03. The highest BCUT2D eigenvalue weighted by Gasteiger charge is 2.03. The van der Waals surface area contributed by atoms with Gasteiger partial charge in [0.2, 0.25) is 0 Å². The monoisotopic (exact) mass is 199 g/mol. The molecular formula is C12H9NO2. The summed E-state index contributed by atoms with van der Waals surface area (Å²) in [6, 6.07) is 7.49. The van der Waals surface area contributed by atoms with Gasteiger partial charge in [-0.25, -0.2) is 0 Å². The van der Waals surface area contributed by atoms with E-state index in [0.29, 0.717) is 11.8 Å². The van der Waals surface area contributed by atoms with Crippen molar-refractivity contribution in [3.63, 3.8) is 0 Å². The molecule has 1 aromatic carbocycles. The highest BCUT2D eigenvalue weighted by Crippen LogP contribution is 2.01. The van der Waals surface area contributed by atoms with Crippen LogP contribution in [0.15, 0.2) is 29.1 Å². The van der Waals surface area contributed by atoms with Crippen molar-refractivity contribution >= 4 is 23.2 Å². The molecule has 0 bridgehead atoms. The lowest BCUT2D eigenvalue weighted by molar-refractivity contribution is 0.345. The topological polar surface area (TPSA) is 42.1 Å². The summed E-state index contributed by atoms with van der Waals surface area (Å²) >= 11 is 0. The molecule has 0 saturated heterocycles. The summed E-state index contributed by atoms with van der Waals surface area (Å²) in [4.78, 5) is 15.2. The highest BCUT2D eigenvalue weighted by molar-refractivity contribution is 5.78. The second kappa shape index (κ2) is 2.98. The second-order valence-corrected chi connectivity index (χ2v) is 3.48. The van der Waals surface area contributed by atoms with Gasteiger partial charge in [0.25, 0.3) is 0 Å². The Bertz CT molecular complexity index is 698. The van der Waals surface area contributed by atoms with Crippen molar-refractivity contribution in [3.05, 3.63) is 45.1 Å². The van der Waals surface area contributed by atoms with Crippen molar-refractivity contribution in [2.24, 2.45) is 0 Å². The number of H-pyrrole nitrogens is 1. The van der Waals surface area contributed by atoms with Crippen LogP contribution in [0.2, 0.25) is 0 Å². The first-order chi connectivity index (χ1) is 7.36. The number of hydrogen-bond acceptors (Lipinski definition) is 2. The van der Waals surface area contributed by atoms with Crippen molar-refractivity contribution in [2.75, 3.05) is 6.61 Å². The Kier molecular flexibility index (Phi) is 1.65. The fourth-order valence-electron chi connectivity index (χ4n) is 1.83. The van der Waals surface area contributed by atoms with E-state index in [1.54, 1.807) is 12.3 Å². The Labute approximate surface area is 85.3 Å². The van der Waals surface area contributed by atoms with Gasteiger partial charge in [0, 0.05) is 16.1 Å². The third kappa shape index (κ3) is 1.16. The van der Waals surface area contributed by atoms with E-state index < -0.39 is 0 Å². The molecule has 0 radical (unpaired) electrons. The Balaban J connectivity index is 2.65.